The fraction of sp³-hybridized carbons (Fsp3) is 0.133. The van der Waals surface area contributed by atoms with Crippen LogP contribution in [0.4, 0.5) is 11.4 Å². The lowest BCUT2D eigenvalue weighted by atomic mass is 10.1. The van der Waals surface area contributed by atoms with Gasteiger partial charge in [0.25, 0.3) is 0 Å². The largest absolute Gasteiger partial charge is 0.396 e. The molecule has 2 aromatic rings. The second kappa shape index (κ2) is 6.51. The number of nitrogens with two attached hydrogens (primary N) is 1. The third-order valence-electron chi connectivity index (χ3n) is 2.95. The fourth-order valence-corrected chi connectivity index (χ4v) is 2.38. The van der Waals surface area contributed by atoms with Gasteiger partial charge in [0.1, 0.15) is 6.07 Å². The van der Waals surface area contributed by atoms with Crippen LogP contribution < -0.4 is 11.1 Å². The van der Waals surface area contributed by atoms with Crippen LogP contribution >= 0.6 is 23.2 Å². The summed E-state index contributed by atoms with van der Waals surface area (Å²) in [5, 5.41) is 13.4. The number of halogens is 2. The summed E-state index contributed by atoms with van der Waals surface area (Å²) in [5.74, 6) is 0. The van der Waals surface area contributed by atoms with E-state index in [9.17, 15) is 0 Å². The lowest BCUT2D eigenvalue weighted by Gasteiger charge is -2.11. The van der Waals surface area contributed by atoms with Crippen molar-refractivity contribution < 1.29 is 0 Å². The number of anilines is 2. The van der Waals surface area contributed by atoms with Crippen molar-refractivity contribution in [2.75, 3.05) is 17.6 Å². The number of hydrogen-bond donors (Lipinski definition) is 2. The van der Waals surface area contributed by atoms with E-state index in [2.05, 4.69) is 11.4 Å². The van der Waals surface area contributed by atoms with E-state index >= 15 is 0 Å². The van der Waals surface area contributed by atoms with E-state index in [0.717, 1.165) is 17.7 Å². The summed E-state index contributed by atoms with van der Waals surface area (Å²) in [6.45, 7) is 0.667. The molecule has 5 heteroatoms. The first kappa shape index (κ1) is 14.5. The maximum absolute atomic E-state index is 8.92. The number of nitrogens with one attached hydrogen (secondary N) is 1. The Bertz CT molecular complexity index is 663. The Balaban J connectivity index is 2.02. The molecular formula is C15H13Cl2N3. The maximum Gasteiger partial charge on any atom is 0.101 e. The molecule has 3 N–H and O–H groups in total. The predicted molar refractivity (Wildman–Crippen MR) is 84.2 cm³/mol. The van der Waals surface area contributed by atoms with Gasteiger partial charge in [0.2, 0.25) is 0 Å². The van der Waals surface area contributed by atoms with Gasteiger partial charge in [0.15, 0.2) is 0 Å². The number of para-hydroxylation sites is 1. The Labute approximate surface area is 127 Å². The van der Waals surface area contributed by atoms with Crippen LogP contribution in [0.1, 0.15) is 11.1 Å². The van der Waals surface area contributed by atoms with Crippen LogP contribution in [0.25, 0.3) is 0 Å². The molecule has 0 bridgehead atoms. The monoisotopic (exact) mass is 305 g/mol. The first-order valence-corrected chi connectivity index (χ1v) is 6.84. The molecule has 20 heavy (non-hydrogen) atoms. The smallest absolute Gasteiger partial charge is 0.101 e. The number of hydrogen-bond acceptors (Lipinski definition) is 3. The number of benzene rings is 2. The van der Waals surface area contributed by atoms with Crippen molar-refractivity contribution in [3.63, 3.8) is 0 Å². The van der Waals surface area contributed by atoms with Gasteiger partial charge in [-0.3, -0.25) is 0 Å². The van der Waals surface area contributed by atoms with Gasteiger partial charge in [-0.15, -0.1) is 0 Å². The molecule has 0 spiro atoms. The van der Waals surface area contributed by atoms with Crippen molar-refractivity contribution in [3.8, 4) is 6.07 Å². The number of nitriles is 1. The van der Waals surface area contributed by atoms with Gasteiger partial charge in [0.05, 0.1) is 16.9 Å². The zero-order chi connectivity index (χ0) is 14.5. The summed E-state index contributed by atoms with van der Waals surface area (Å²) in [6.07, 6.45) is 0.742. The molecule has 2 aromatic carbocycles. The molecule has 0 amide bonds. The van der Waals surface area contributed by atoms with Crippen molar-refractivity contribution in [1.29, 1.82) is 5.26 Å². The van der Waals surface area contributed by atoms with Gasteiger partial charge in [-0.05, 0) is 36.2 Å². The third kappa shape index (κ3) is 3.36. The second-order valence-corrected chi connectivity index (χ2v) is 5.13. The first-order valence-electron chi connectivity index (χ1n) is 6.08. The highest BCUT2D eigenvalue weighted by Gasteiger charge is 2.05. The van der Waals surface area contributed by atoms with Crippen LogP contribution in [-0.2, 0) is 6.42 Å². The first-order chi connectivity index (χ1) is 9.61. The Morgan fingerprint density at radius 2 is 2.00 bits per heavy atom. The van der Waals surface area contributed by atoms with Crippen molar-refractivity contribution in [2.45, 2.75) is 6.42 Å². The molecule has 0 aliphatic heterocycles. The molecule has 0 aromatic heterocycles. The van der Waals surface area contributed by atoms with Gasteiger partial charge >= 0.3 is 0 Å². The van der Waals surface area contributed by atoms with Gasteiger partial charge in [-0.25, -0.2) is 0 Å². The summed E-state index contributed by atoms with van der Waals surface area (Å²) in [5.41, 5.74) is 8.61. The van der Waals surface area contributed by atoms with Crippen LogP contribution in [0.5, 0.6) is 0 Å². The summed E-state index contributed by atoms with van der Waals surface area (Å²) < 4.78 is 0. The van der Waals surface area contributed by atoms with E-state index in [-0.39, 0.29) is 0 Å². The predicted octanol–water partition coefficient (Wildman–Crippen LogP) is 4.10. The normalized spacial score (nSPS) is 10.1. The van der Waals surface area contributed by atoms with Crippen LogP contribution in [-0.4, -0.2) is 6.54 Å². The number of nitrogens with zero attached hydrogens (tertiary/aromatic N) is 1. The number of rotatable bonds is 4. The molecule has 2 rings (SSSR count). The highest BCUT2D eigenvalue weighted by Crippen LogP contribution is 2.23. The SMILES string of the molecule is N#Cc1cccc(NCCc2ccc(Cl)cc2Cl)c1N. The van der Waals surface area contributed by atoms with Gasteiger partial charge in [-0.2, -0.15) is 5.26 Å². The fourth-order valence-electron chi connectivity index (χ4n) is 1.87. The van der Waals surface area contributed by atoms with E-state index in [1.54, 1.807) is 18.2 Å². The van der Waals surface area contributed by atoms with E-state index in [4.69, 9.17) is 34.2 Å². The van der Waals surface area contributed by atoms with Crippen molar-refractivity contribution in [2.24, 2.45) is 0 Å². The molecule has 102 valence electrons. The molecule has 0 heterocycles. The third-order valence-corrected chi connectivity index (χ3v) is 3.54. The standard InChI is InChI=1S/C15H13Cl2N3/c16-12-5-4-10(13(17)8-12)6-7-20-14-3-1-2-11(9-18)15(14)19/h1-5,8,20H,6-7,19H2. The Hall–Kier alpha value is -1.89. The summed E-state index contributed by atoms with van der Waals surface area (Å²) in [7, 11) is 0. The number of nitrogen functional groups attached to an aromatic ring is 1. The molecule has 0 fully saturated rings. The van der Waals surface area contributed by atoms with Gasteiger partial charge in [0, 0.05) is 16.6 Å². The Kier molecular flexibility index (Phi) is 4.73. The summed E-state index contributed by atoms with van der Waals surface area (Å²) in [6, 6.07) is 12.8. The molecule has 0 radical (unpaired) electrons. The highest BCUT2D eigenvalue weighted by atomic mass is 35.5. The lowest BCUT2D eigenvalue weighted by Crippen LogP contribution is -2.08. The Morgan fingerprint density at radius 3 is 2.70 bits per heavy atom. The molecule has 0 unspecified atom stereocenters. The zero-order valence-electron chi connectivity index (χ0n) is 10.7. The Morgan fingerprint density at radius 1 is 1.20 bits per heavy atom. The minimum Gasteiger partial charge on any atom is -0.396 e. The van der Waals surface area contributed by atoms with Gasteiger partial charge in [-0.1, -0.05) is 35.3 Å². The summed E-state index contributed by atoms with van der Waals surface area (Å²) >= 11 is 12.0. The second-order valence-electron chi connectivity index (χ2n) is 4.29. The molecule has 0 saturated heterocycles. The van der Waals surface area contributed by atoms with Crippen molar-refractivity contribution in [3.05, 3.63) is 57.6 Å². The quantitative estimate of drug-likeness (QED) is 0.836. The minimum atomic E-state index is 0.470. The van der Waals surface area contributed by atoms with Crippen molar-refractivity contribution >= 4 is 34.6 Å². The average Bonchev–Trinajstić information content (AvgIpc) is 2.43. The molecule has 0 aliphatic carbocycles. The summed E-state index contributed by atoms with van der Waals surface area (Å²) in [4.78, 5) is 0. The van der Waals surface area contributed by atoms with Crippen LogP contribution in [0.3, 0.4) is 0 Å². The van der Waals surface area contributed by atoms with E-state index in [1.165, 1.54) is 0 Å². The van der Waals surface area contributed by atoms with E-state index in [0.29, 0.717) is 27.8 Å². The molecule has 0 aliphatic rings. The lowest BCUT2D eigenvalue weighted by molar-refractivity contribution is 1.02. The van der Waals surface area contributed by atoms with E-state index < -0.39 is 0 Å². The van der Waals surface area contributed by atoms with Crippen molar-refractivity contribution in [1.82, 2.24) is 0 Å². The van der Waals surface area contributed by atoms with Crippen LogP contribution in [0.2, 0.25) is 10.0 Å². The zero-order valence-corrected chi connectivity index (χ0v) is 12.2. The average molecular weight is 306 g/mol. The van der Waals surface area contributed by atoms with Crippen LogP contribution in [0, 0.1) is 11.3 Å². The molecule has 0 atom stereocenters. The molecule has 0 saturated carbocycles. The highest BCUT2D eigenvalue weighted by molar-refractivity contribution is 6.35. The molecular weight excluding hydrogens is 293 g/mol. The molecule has 3 nitrogen and oxygen atoms in total. The minimum absolute atomic E-state index is 0.470. The maximum atomic E-state index is 8.92. The topological polar surface area (TPSA) is 61.8 Å². The van der Waals surface area contributed by atoms with E-state index in [1.807, 2.05) is 18.2 Å². The van der Waals surface area contributed by atoms with Gasteiger partial charge < -0.3 is 11.1 Å². The van der Waals surface area contributed by atoms with Crippen LogP contribution in [0.15, 0.2) is 36.4 Å².